The lowest BCUT2D eigenvalue weighted by molar-refractivity contribution is -0.178. The number of benzene rings is 2. The summed E-state index contributed by atoms with van der Waals surface area (Å²) in [4.78, 5) is 0. The molecule has 0 saturated carbocycles. The lowest BCUT2D eigenvalue weighted by Gasteiger charge is -2.55. The van der Waals surface area contributed by atoms with Crippen LogP contribution in [0.1, 0.15) is 66.9 Å². The van der Waals surface area contributed by atoms with Gasteiger partial charge in [-0.15, -0.1) is 0 Å². The van der Waals surface area contributed by atoms with Gasteiger partial charge < -0.3 is 9.47 Å². The minimum Gasteiger partial charge on any atom is -0.347 e. The molecule has 2 nitrogen and oxygen atoms in total. The predicted molar refractivity (Wildman–Crippen MR) is 129 cm³/mol. The van der Waals surface area contributed by atoms with Crippen molar-refractivity contribution in [2.24, 2.45) is 0 Å². The summed E-state index contributed by atoms with van der Waals surface area (Å²) < 4.78 is 12.4. The van der Waals surface area contributed by atoms with Crippen LogP contribution in [-0.4, -0.2) is 29.3 Å². The Morgan fingerprint density at radius 1 is 0.767 bits per heavy atom. The summed E-state index contributed by atoms with van der Waals surface area (Å²) in [7, 11) is -0.430. The first kappa shape index (κ1) is 22.0. The molecule has 0 aliphatic carbocycles. The Morgan fingerprint density at radius 2 is 1.30 bits per heavy atom. The van der Waals surface area contributed by atoms with Crippen molar-refractivity contribution in [3.8, 4) is 11.1 Å². The number of rotatable bonds is 2. The Balaban J connectivity index is 1.76. The van der Waals surface area contributed by atoms with Crippen molar-refractivity contribution in [2.45, 2.75) is 82.8 Å². The molecule has 0 bridgehead atoms. The predicted octanol–water partition coefficient (Wildman–Crippen LogP) is 6.85. The smallest absolute Gasteiger partial charge is 0.170 e. The van der Waals surface area contributed by atoms with Crippen LogP contribution in [0, 0.1) is 0 Å². The molecule has 2 aromatic carbocycles. The van der Waals surface area contributed by atoms with Crippen molar-refractivity contribution in [2.75, 3.05) is 13.2 Å². The second-order valence-corrected chi connectivity index (χ2v) is 14.8. The highest BCUT2D eigenvalue weighted by molar-refractivity contribution is 7.69. The van der Waals surface area contributed by atoms with Crippen LogP contribution in [0.15, 0.2) is 48.5 Å². The quantitative estimate of drug-likeness (QED) is 0.491. The lowest BCUT2D eigenvalue weighted by Crippen LogP contribution is -2.52. The molecule has 1 spiro atoms. The van der Waals surface area contributed by atoms with E-state index in [0.29, 0.717) is 0 Å². The van der Waals surface area contributed by atoms with Gasteiger partial charge in [-0.3, -0.25) is 0 Å². The van der Waals surface area contributed by atoms with Crippen LogP contribution in [0.25, 0.3) is 11.1 Å². The topological polar surface area (TPSA) is 18.5 Å². The third kappa shape index (κ3) is 3.99. The van der Waals surface area contributed by atoms with E-state index in [9.17, 15) is 0 Å². The van der Waals surface area contributed by atoms with Gasteiger partial charge in [0.1, 0.15) is 0 Å². The molecule has 2 aliphatic heterocycles. The van der Waals surface area contributed by atoms with Crippen molar-refractivity contribution in [1.82, 2.24) is 0 Å². The van der Waals surface area contributed by atoms with Crippen LogP contribution in [0.5, 0.6) is 0 Å². The van der Waals surface area contributed by atoms with Gasteiger partial charge in [-0.2, -0.15) is 0 Å². The molecule has 0 N–H and O–H groups in total. The second kappa shape index (κ2) is 7.44. The first-order valence-corrected chi connectivity index (χ1v) is 12.6. The van der Waals surface area contributed by atoms with Gasteiger partial charge in [0.15, 0.2) is 5.79 Å². The van der Waals surface area contributed by atoms with Gasteiger partial charge in [0.2, 0.25) is 0 Å². The van der Waals surface area contributed by atoms with Crippen LogP contribution in [-0.2, 0) is 14.9 Å². The average molecular weight is 425 g/mol. The Morgan fingerprint density at radius 3 is 1.83 bits per heavy atom. The molecule has 4 rings (SSSR count). The molecular weight excluding hydrogens is 387 g/mol. The molecule has 0 amide bonds. The van der Waals surface area contributed by atoms with E-state index in [-0.39, 0.29) is 15.7 Å². The zero-order valence-corrected chi connectivity index (χ0v) is 20.6. The summed E-state index contributed by atoms with van der Waals surface area (Å²) in [5, 5.41) is 1.77. The third-order valence-electron chi connectivity index (χ3n) is 6.63. The molecule has 0 atom stereocenters. The van der Waals surface area contributed by atoms with Crippen molar-refractivity contribution in [1.29, 1.82) is 0 Å². The van der Waals surface area contributed by atoms with E-state index in [1.54, 1.807) is 0 Å². The van der Waals surface area contributed by atoms with Gasteiger partial charge in [0.25, 0.3) is 0 Å². The van der Waals surface area contributed by atoms with Gasteiger partial charge in [-0.1, -0.05) is 105 Å². The molecule has 2 aliphatic rings. The molecule has 2 saturated heterocycles. The Hall–Kier alpha value is -1.21. The highest BCUT2D eigenvalue weighted by atomic mass is 31.1. The molecule has 0 aromatic heterocycles. The van der Waals surface area contributed by atoms with Gasteiger partial charge in [0, 0.05) is 12.8 Å². The highest BCUT2D eigenvalue weighted by Gasteiger charge is 2.57. The fourth-order valence-corrected chi connectivity index (χ4v) is 10.2. The summed E-state index contributed by atoms with van der Waals surface area (Å²) in [6.45, 7) is 18.0. The average Bonchev–Trinajstić information content (AvgIpc) is 3.06. The van der Waals surface area contributed by atoms with Gasteiger partial charge in [-0.25, -0.2) is 0 Å². The maximum Gasteiger partial charge on any atom is 0.170 e. The Bertz CT molecular complexity index is 879. The lowest BCUT2D eigenvalue weighted by atomic mass is 9.86. The normalized spacial score (nSPS) is 23.0. The van der Waals surface area contributed by atoms with E-state index < -0.39 is 13.7 Å². The van der Waals surface area contributed by atoms with E-state index in [0.717, 1.165) is 26.1 Å². The van der Waals surface area contributed by atoms with Crippen molar-refractivity contribution in [3.63, 3.8) is 0 Å². The fraction of sp³-hybridized carbons (Fsp3) is 0.556. The second-order valence-electron chi connectivity index (χ2n) is 11.3. The van der Waals surface area contributed by atoms with Gasteiger partial charge in [-0.05, 0) is 37.7 Å². The number of hydrogen-bond donors (Lipinski definition) is 0. The van der Waals surface area contributed by atoms with Crippen molar-refractivity contribution < 1.29 is 9.47 Å². The minimum absolute atomic E-state index is 0.128. The first-order chi connectivity index (χ1) is 13.9. The molecular formula is C27H37O2P. The summed E-state index contributed by atoms with van der Waals surface area (Å²) in [6, 6.07) is 18.3. The molecule has 162 valence electrons. The SMILES string of the molecule is CC(C)(C)c1ccc(-c2ccccc2P2C(C)(C)CC3(CC2(C)C)OCCO3)cc1. The zero-order chi connectivity index (χ0) is 21.8. The number of ether oxygens (including phenoxy) is 2. The van der Waals surface area contributed by atoms with Crippen molar-refractivity contribution in [3.05, 3.63) is 54.1 Å². The first-order valence-electron chi connectivity index (χ1n) is 11.2. The molecule has 0 unspecified atom stereocenters. The molecule has 2 fully saturated rings. The summed E-state index contributed by atoms with van der Waals surface area (Å²) in [5.74, 6) is -0.394. The monoisotopic (exact) mass is 424 g/mol. The van der Waals surface area contributed by atoms with Crippen LogP contribution < -0.4 is 5.30 Å². The number of hydrogen-bond acceptors (Lipinski definition) is 2. The molecule has 3 heteroatoms. The molecule has 2 aromatic rings. The summed E-state index contributed by atoms with van der Waals surface area (Å²) in [6.07, 6.45) is 1.93. The van der Waals surface area contributed by atoms with E-state index in [1.807, 2.05) is 0 Å². The van der Waals surface area contributed by atoms with Crippen LogP contribution in [0.2, 0.25) is 0 Å². The Labute approximate surface area is 184 Å². The fourth-order valence-electron chi connectivity index (χ4n) is 5.77. The van der Waals surface area contributed by atoms with E-state index in [2.05, 4.69) is 97.0 Å². The van der Waals surface area contributed by atoms with E-state index in [4.69, 9.17) is 9.47 Å². The van der Waals surface area contributed by atoms with Crippen molar-refractivity contribution >= 4 is 13.2 Å². The van der Waals surface area contributed by atoms with Crippen LogP contribution >= 0.6 is 7.92 Å². The van der Waals surface area contributed by atoms with Gasteiger partial charge in [0.05, 0.1) is 13.2 Å². The third-order valence-corrected chi connectivity index (χ3v) is 10.2. The van der Waals surface area contributed by atoms with E-state index >= 15 is 0 Å². The highest BCUT2D eigenvalue weighted by Crippen LogP contribution is 2.68. The molecule has 2 heterocycles. The maximum atomic E-state index is 6.18. The molecule has 30 heavy (non-hydrogen) atoms. The van der Waals surface area contributed by atoms with Crippen LogP contribution in [0.4, 0.5) is 0 Å². The zero-order valence-electron chi connectivity index (χ0n) is 19.7. The van der Waals surface area contributed by atoms with Crippen LogP contribution in [0.3, 0.4) is 0 Å². The summed E-state index contributed by atoms with van der Waals surface area (Å²) in [5.41, 5.74) is 4.26. The van der Waals surface area contributed by atoms with E-state index in [1.165, 1.54) is 22.0 Å². The largest absolute Gasteiger partial charge is 0.347 e. The standard InChI is InChI=1S/C27H37O2P/c1-24(2,3)21-14-12-20(13-15-21)22-10-8-9-11-23(22)30-25(4,5)18-27(19-26(30,6)7)28-16-17-29-27/h8-15H,16-19H2,1-7H3. The Kier molecular flexibility index (Phi) is 5.45. The summed E-state index contributed by atoms with van der Waals surface area (Å²) >= 11 is 0. The minimum atomic E-state index is -0.430. The van der Waals surface area contributed by atoms with Gasteiger partial charge >= 0.3 is 0 Å². The maximum absolute atomic E-state index is 6.18. The molecule has 0 radical (unpaired) electrons.